The molecule has 0 spiro atoms. The third-order valence-corrected chi connectivity index (χ3v) is 5.56. The number of fused-ring (bicyclic) bond motifs is 2. The van der Waals surface area contributed by atoms with Crippen LogP contribution in [0.3, 0.4) is 0 Å². The van der Waals surface area contributed by atoms with Crippen molar-refractivity contribution in [2.24, 2.45) is 16.7 Å². The van der Waals surface area contributed by atoms with E-state index >= 15 is 0 Å². The zero-order valence-electron chi connectivity index (χ0n) is 11.2. The normalized spacial score (nSPS) is 38.2. The lowest BCUT2D eigenvalue weighted by Crippen LogP contribution is -2.54. The van der Waals surface area contributed by atoms with Crippen molar-refractivity contribution in [3.8, 4) is 0 Å². The SMILES string of the molecule is CC1(C)C2CCC1(C(=O)N1CCOCC1)C(=O)C2. The molecule has 0 aromatic carbocycles. The lowest BCUT2D eigenvalue weighted by atomic mass is 9.68. The quantitative estimate of drug-likeness (QED) is 0.659. The molecule has 2 saturated carbocycles. The Hall–Kier alpha value is -0.900. The molecule has 2 aliphatic carbocycles. The highest BCUT2D eigenvalue weighted by Crippen LogP contribution is 2.64. The molecule has 2 unspecified atom stereocenters. The standard InChI is InChI=1S/C14H21NO3/c1-13(2)10-3-4-14(13,11(16)9-10)12(17)15-5-7-18-8-6-15/h10H,3-9H2,1-2H3. The van der Waals surface area contributed by atoms with Crippen molar-refractivity contribution in [3.05, 3.63) is 0 Å². The number of morpholine rings is 1. The Kier molecular flexibility index (Phi) is 2.56. The van der Waals surface area contributed by atoms with Gasteiger partial charge in [-0.05, 0) is 24.2 Å². The maximum Gasteiger partial charge on any atom is 0.236 e. The van der Waals surface area contributed by atoms with Gasteiger partial charge in [0.15, 0.2) is 0 Å². The Morgan fingerprint density at radius 3 is 2.50 bits per heavy atom. The predicted octanol–water partition coefficient (Wildman–Crippen LogP) is 1.24. The number of hydrogen-bond donors (Lipinski definition) is 0. The number of nitrogens with zero attached hydrogens (tertiary/aromatic N) is 1. The molecule has 0 radical (unpaired) electrons. The van der Waals surface area contributed by atoms with Crippen molar-refractivity contribution < 1.29 is 14.3 Å². The van der Waals surface area contributed by atoms with Crippen molar-refractivity contribution in [1.29, 1.82) is 0 Å². The second-order valence-corrected chi connectivity index (χ2v) is 6.39. The first-order valence-corrected chi connectivity index (χ1v) is 6.90. The van der Waals surface area contributed by atoms with Crippen molar-refractivity contribution >= 4 is 11.7 Å². The van der Waals surface area contributed by atoms with E-state index in [-0.39, 0.29) is 17.1 Å². The highest BCUT2D eigenvalue weighted by atomic mass is 16.5. The Bertz CT molecular complexity index is 398. The molecule has 0 aromatic rings. The Morgan fingerprint density at radius 1 is 1.33 bits per heavy atom. The van der Waals surface area contributed by atoms with E-state index in [4.69, 9.17) is 4.74 Å². The predicted molar refractivity (Wildman–Crippen MR) is 66.0 cm³/mol. The van der Waals surface area contributed by atoms with Gasteiger partial charge in [-0.1, -0.05) is 13.8 Å². The summed E-state index contributed by atoms with van der Waals surface area (Å²) in [5.74, 6) is 0.649. The third-order valence-electron chi connectivity index (χ3n) is 5.56. The maximum atomic E-state index is 12.9. The van der Waals surface area contributed by atoms with Gasteiger partial charge in [-0.25, -0.2) is 0 Å². The summed E-state index contributed by atoms with van der Waals surface area (Å²) >= 11 is 0. The fourth-order valence-electron chi connectivity index (χ4n) is 4.21. The summed E-state index contributed by atoms with van der Waals surface area (Å²) in [7, 11) is 0. The van der Waals surface area contributed by atoms with Crippen LogP contribution in [0.25, 0.3) is 0 Å². The topological polar surface area (TPSA) is 46.6 Å². The van der Waals surface area contributed by atoms with E-state index in [9.17, 15) is 9.59 Å². The summed E-state index contributed by atoms with van der Waals surface area (Å²) in [6, 6.07) is 0. The van der Waals surface area contributed by atoms with Crippen molar-refractivity contribution in [2.45, 2.75) is 33.1 Å². The number of carbonyl (C=O) groups excluding carboxylic acids is 2. The molecule has 3 rings (SSSR count). The molecular formula is C14H21NO3. The third kappa shape index (κ3) is 1.30. The van der Waals surface area contributed by atoms with Gasteiger partial charge < -0.3 is 9.64 Å². The first-order chi connectivity index (χ1) is 8.50. The molecule has 2 bridgehead atoms. The summed E-state index contributed by atoms with van der Waals surface area (Å²) < 4.78 is 5.29. The average molecular weight is 251 g/mol. The number of carbonyl (C=O) groups is 2. The van der Waals surface area contributed by atoms with Gasteiger partial charge in [-0.15, -0.1) is 0 Å². The highest BCUT2D eigenvalue weighted by Gasteiger charge is 2.68. The summed E-state index contributed by atoms with van der Waals surface area (Å²) in [6.07, 6.45) is 2.37. The van der Waals surface area contributed by atoms with E-state index in [2.05, 4.69) is 13.8 Å². The van der Waals surface area contributed by atoms with Gasteiger partial charge in [0.25, 0.3) is 0 Å². The van der Waals surface area contributed by atoms with Crippen LogP contribution in [0.5, 0.6) is 0 Å². The van der Waals surface area contributed by atoms with Crippen LogP contribution in [-0.2, 0) is 14.3 Å². The first kappa shape index (κ1) is 12.2. The molecule has 0 N–H and O–H groups in total. The lowest BCUT2D eigenvalue weighted by Gasteiger charge is -2.40. The van der Waals surface area contributed by atoms with Crippen LogP contribution in [0, 0.1) is 16.7 Å². The molecule has 3 aliphatic rings. The molecule has 1 amide bonds. The van der Waals surface area contributed by atoms with E-state index in [0.717, 1.165) is 12.8 Å². The molecule has 2 atom stereocenters. The van der Waals surface area contributed by atoms with E-state index < -0.39 is 5.41 Å². The largest absolute Gasteiger partial charge is 0.378 e. The maximum absolute atomic E-state index is 12.9. The summed E-state index contributed by atoms with van der Waals surface area (Å²) in [4.78, 5) is 27.1. The second-order valence-electron chi connectivity index (χ2n) is 6.39. The minimum atomic E-state index is -0.727. The van der Waals surface area contributed by atoms with Gasteiger partial charge in [-0.3, -0.25) is 9.59 Å². The monoisotopic (exact) mass is 251 g/mol. The van der Waals surface area contributed by atoms with Gasteiger partial charge >= 0.3 is 0 Å². The second kappa shape index (κ2) is 3.80. The summed E-state index contributed by atoms with van der Waals surface area (Å²) in [6.45, 7) is 6.67. The molecule has 4 nitrogen and oxygen atoms in total. The van der Waals surface area contributed by atoms with Crippen LogP contribution in [-0.4, -0.2) is 42.9 Å². The zero-order valence-corrected chi connectivity index (χ0v) is 11.2. The number of amides is 1. The van der Waals surface area contributed by atoms with Crippen molar-refractivity contribution in [2.75, 3.05) is 26.3 Å². The van der Waals surface area contributed by atoms with E-state index in [0.29, 0.717) is 38.6 Å². The van der Waals surface area contributed by atoms with Gasteiger partial charge in [0, 0.05) is 19.5 Å². The molecule has 1 heterocycles. The number of Topliss-reactive ketones (excluding diaryl/α,β-unsaturated/α-hetero) is 1. The van der Waals surface area contributed by atoms with Gasteiger partial charge in [-0.2, -0.15) is 0 Å². The Balaban J connectivity index is 1.93. The van der Waals surface area contributed by atoms with Crippen LogP contribution in [0.4, 0.5) is 0 Å². The summed E-state index contributed by atoms with van der Waals surface area (Å²) in [5, 5.41) is 0. The molecule has 100 valence electrons. The summed E-state index contributed by atoms with van der Waals surface area (Å²) in [5.41, 5.74) is -0.894. The number of ketones is 1. The average Bonchev–Trinajstić information content (AvgIpc) is 2.73. The molecular weight excluding hydrogens is 230 g/mol. The fourth-order valence-corrected chi connectivity index (χ4v) is 4.21. The number of rotatable bonds is 1. The van der Waals surface area contributed by atoms with Crippen LogP contribution in [0.15, 0.2) is 0 Å². The molecule has 1 aliphatic heterocycles. The van der Waals surface area contributed by atoms with E-state index in [1.54, 1.807) is 0 Å². The van der Waals surface area contributed by atoms with Crippen LogP contribution >= 0.6 is 0 Å². The smallest absolute Gasteiger partial charge is 0.236 e. The Morgan fingerprint density at radius 2 is 2.00 bits per heavy atom. The molecule has 18 heavy (non-hydrogen) atoms. The first-order valence-electron chi connectivity index (χ1n) is 6.90. The number of hydrogen-bond acceptors (Lipinski definition) is 3. The van der Waals surface area contributed by atoms with Gasteiger partial charge in [0.2, 0.25) is 5.91 Å². The van der Waals surface area contributed by atoms with Crippen LogP contribution in [0.1, 0.15) is 33.1 Å². The van der Waals surface area contributed by atoms with E-state index in [1.807, 2.05) is 4.90 Å². The van der Waals surface area contributed by atoms with Crippen molar-refractivity contribution in [3.63, 3.8) is 0 Å². The molecule has 4 heteroatoms. The zero-order chi connectivity index (χ0) is 13.0. The molecule has 3 fully saturated rings. The minimum absolute atomic E-state index is 0.0702. The lowest BCUT2D eigenvalue weighted by molar-refractivity contribution is -0.156. The molecule has 0 aromatic heterocycles. The highest BCUT2D eigenvalue weighted by molar-refractivity contribution is 6.09. The van der Waals surface area contributed by atoms with E-state index in [1.165, 1.54) is 0 Å². The fraction of sp³-hybridized carbons (Fsp3) is 0.857. The molecule has 1 saturated heterocycles. The van der Waals surface area contributed by atoms with Crippen LogP contribution in [0.2, 0.25) is 0 Å². The van der Waals surface area contributed by atoms with Crippen LogP contribution < -0.4 is 0 Å². The van der Waals surface area contributed by atoms with Gasteiger partial charge in [0.1, 0.15) is 11.2 Å². The Labute approximate surface area is 108 Å². The van der Waals surface area contributed by atoms with Crippen molar-refractivity contribution in [1.82, 2.24) is 4.90 Å². The number of ether oxygens (including phenoxy) is 1. The minimum Gasteiger partial charge on any atom is -0.378 e. The van der Waals surface area contributed by atoms with Gasteiger partial charge in [0.05, 0.1) is 13.2 Å².